The fourth-order valence-electron chi connectivity index (χ4n) is 3.76. The summed E-state index contributed by atoms with van der Waals surface area (Å²) in [5.74, 6) is 1.26. The Bertz CT molecular complexity index is 1020. The van der Waals surface area contributed by atoms with Crippen LogP contribution >= 0.6 is 34.8 Å². The molecule has 0 aliphatic carbocycles. The molecule has 0 fully saturated rings. The summed E-state index contributed by atoms with van der Waals surface area (Å²) in [6, 6.07) is 14.5. The Labute approximate surface area is 205 Å². The van der Waals surface area contributed by atoms with Gasteiger partial charge in [0.1, 0.15) is 11.5 Å². The minimum absolute atomic E-state index is 0.524. The number of ether oxygens (including phenoxy) is 1. The smallest absolute Gasteiger partial charge is 0.128 e. The highest BCUT2D eigenvalue weighted by atomic mass is 35.5. The normalized spacial score (nSPS) is 12.5. The number of hydrogen-bond donors (Lipinski definition) is 1. The van der Waals surface area contributed by atoms with Gasteiger partial charge in [0.15, 0.2) is 0 Å². The average molecular weight is 495 g/mol. The van der Waals surface area contributed by atoms with Crippen LogP contribution in [0, 0.1) is 0 Å². The molecule has 0 aliphatic heterocycles. The van der Waals surface area contributed by atoms with Crippen LogP contribution in [0.3, 0.4) is 0 Å². The van der Waals surface area contributed by atoms with Gasteiger partial charge in [-0.25, -0.2) is 0 Å². The molecule has 0 amide bonds. The summed E-state index contributed by atoms with van der Waals surface area (Å²) in [6.45, 7) is 6.85. The average Bonchev–Trinajstić information content (AvgIpc) is 2.77. The first-order chi connectivity index (χ1) is 15.4. The second kappa shape index (κ2) is 12.1. The summed E-state index contributed by atoms with van der Waals surface area (Å²) < 4.78 is 6.08. The van der Waals surface area contributed by atoms with Crippen molar-refractivity contribution >= 4 is 45.6 Å². The molecule has 0 radical (unpaired) electrons. The number of aliphatic hydroxyl groups excluding tert-OH is 1. The predicted molar refractivity (Wildman–Crippen MR) is 137 cm³/mol. The molecule has 6 heteroatoms. The van der Waals surface area contributed by atoms with Crippen LogP contribution in [0.1, 0.15) is 51.2 Å². The highest BCUT2D eigenvalue weighted by Gasteiger charge is 2.19. The van der Waals surface area contributed by atoms with Gasteiger partial charge in [0.25, 0.3) is 0 Å². The zero-order chi connectivity index (χ0) is 23.1. The Kier molecular flexibility index (Phi) is 9.51. The van der Waals surface area contributed by atoms with Gasteiger partial charge in [0, 0.05) is 22.0 Å². The van der Waals surface area contributed by atoms with E-state index in [2.05, 4.69) is 18.7 Å². The third kappa shape index (κ3) is 6.76. The van der Waals surface area contributed by atoms with Gasteiger partial charge in [0.05, 0.1) is 11.1 Å². The van der Waals surface area contributed by atoms with Crippen molar-refractivity contribution in [3.05, 3.63) is 69.2 Å². The van der Waals surface area contributed by atoms with Gasteiger partial charge in [-0.2, -0.15) is 0 Å². The molecule has 0 bridgehead atoms. The molecule has 1 N–H and O–H groups in total. The molecule has 3 aromatic rings. The maximum atomic E-state index is 11.3. The molecule has 0 aromatic heterocycles. The largest absolute Gasteiger partial charge is 0.457 e. The van der Waals surface area contributed by atoms with Crippen LogP contribution in [0.15, 0.2) is 48.5 Å². The third-order valence-corrected chi connectivity index (χ3v) is 6.27. The Hall–Kier alpha value is -1.49. The van der Waals surface area contributed by atoms with Crippen molar-refractivity contribution in [3.8, 4) is 11.5 Å². The highest BCUT2D eigenvalue weighted by Crippen LogP contribution is 2.37. The summed E-state index contributed by atoms with van der Waals surface area (Å²) in [4.78, 5) is 2.34. The second-order valence-corrected chi connectivity index (χ2v) is 9.35. The third-order valence-electron chi connectivity index (χ3n) is 5.48. The van der Waals surface area contributed by atoms with Crippen LogP contribution in [0.5, 0.6) is 11.5 Å². The molecular formula is C26H30Cl3NO2. The van der Waals surface area contributed by atoms with Crippen molar-refractivity contribution in [1.82, 2.24) is 4.90 Å². The summed E-state index contributed by atoms with van der Waals surface area (Å²) >= 11 is 18.8. The van der Waals surface area contributed by atoms with E-state index in [1.807, 2.05) is 30.3 Å². The molecule has 3 rings (SSSR count). The van der Waals surface area contributed by atoms with Gasteiger partial charge in [0.2, 0.25) is 0 Å². The summed E-state index contributed by atoms with van der Waals surface area (Å²) in [6.07, 6.45) is 3.76. The van der Waals surface area contributed by atoms with Crippen LogP contribution in [-0.4, -0.2) is 29.6 Å². The molecule has 3 nitrogen and oxygen atoms in total. The maximum Gasteiger partial charge on any atom is 0.128 e. The first-order valence-electron chi connectivity index (χ1n) is 11.2. The van der Waals surface area contributed by atoms with E-state index in [4.69, 9.17) is 39.5 Å². The molecule has 0 saturated carbocycles. The number of unbranched alkanes of at least 4 members (excludes halogenated alkanes) is 2. The number of hydrogen-bond acceptors (Lipinski definition) is 3. The van der Waals surface area contributed by atoms with E-state index in [1.165, 1.54) is 0 Å². The number of aliphatic hydroxyl groups is 1. The number of fused-ring (bicyclic) bond motifs is 1. The predicted octanol–water partition coefficient (Wildman–Crippen LogP) is 8.53. The number of nitrogens with zero attached hydrogens (tertiary/aromatic N) is 1. The topological polar surface area (TPSA) is 32.7 Å². The quantitative estimate of drug-likeness (QED) is 0.290. The van der Waals surface area contributed by atoms with Gasteiger partial charge in [-0.05, 0) is 85.4 Å². The molecule has 1 unspecified atom stereocenters. The molecular weight excluding hydrogens is 465 g/mol. The second-order valence-electron chi connectivity index (χ2n) is 8.07. The van der Waals surface area contributed by atoms with Crippen molar-refractivity contribution < 1.29 is 9.84 Å². The SMILES string of the molecule is CCCCN(CCCC)CC(O)c1cc(Oc2ccc(Cl)cc2)cc2c(Cl)cc(Cl)cc12. The lowest BCUT2D eigenvalue weighted by Crippen LogP contribution is -2.30. The Morgan fingerprint density at radius 2 is 1.47 bits per heavy atom. The summed E-state index contributed by atoms with van der Waals surface area (Å²) in [5.41, 5.74) is 0.758. The number of benzene rings is 3. The lowest BCUT2D eigenvalue weighted by atomic mass is 9.99. The van der Waals surface area contributed by atoms with Crippen molar-refractivity contribution in [3.63, 3.8) is 0 Å². The van der Waals surface area contributed by atoms with E-state index in [1.54, 1.807) is 18.2 Å². The van der Waals surface area contributed by atoms with Gasteiger partial charge >= 0.3 is 0 Å². The van der Waals surface area contributed by atoms with Crippen molar-refractivity contribution in [2.45, 2.75) is 45.6 Å². The van der Waals surface area contributed by atoms with E-state index in [0.29, 0.717) is 33.1 Å². The minimum Gasteiger partial charge on any atom is -0.457 e. The summed E-state index contributed by atoms with van der Waals surface area (Å²) in [7, 11) is 0. The van der Waals surface area contributed by atoms with Crippen LogP contribution in [0.4, 0.5) is 0 Å². The van der Waals surface area contributed by atoms with E-state index >= 15 is 0 Å². The lowest BCUT2D eigenvalue weighted by molar-refractivity contribution is 0.112. The Balaban J connectivity index is 1.97. The van der Waals surface area contributed by atoms with Crippen molar-refractivity contribution in [2.24, 2.45) is 0 Å². The Morgan fingerprint density at radius 3 is 2.09 bits per heavy atom. The van der Waals surface area contributed by atoms with Crippen molar-refractivity contribution in [1.29, 1.82) is 0 Å². The standard InChI is InChI=1S/C26H30Cl3NO2/c1-3-5-11-30(12-6-4-2)17-26(31)24-16-21(32-20-9-7-18(27)8-10-20)15-23-22(24)13-19(28)14-25(23)29/h7-10,13-16,26,31H,3-6,11-12,17H2,1-2H3. The maximum absolute atomic E-state index is 11.3. The van der Waals surface area contributed by atoms with Crippen LogP contribution < -0.4 is 4.74 Å². The molecule has 0 saturated heterocycles. The number of rotatable bonds is 11. The highest BCUT2D eigenvalue weighted by molar-refractivity contribution is 6.38. The van der Waals surface area contributed by atoms with Crippen LogP contribution in [0.2, 0.25) is 15.1 Å². The first kappa shape index (κ1) is 25.1. The van der Waals surface area contributed by atoms with Crippen LogP contribution in [0.25, 0.3) is 10.8 Å². The molecule has 3 aromatic carbocycles. The molecule has 32 heavy (non-hydrogen) atoms. The van der Waals surface area contributed by atoms with E-state index in [0.717, 1.165) is 55.1 Å². The van der Waals surface area contributed by atoms with Gasteiger partial charge in [-0.15, -0.1) is 0 Å². The summed E-state index contributed by atoms with van der Waals surface area (Å²) in [5, 5.41) is 14.6. The number of halogens is 3. The Morgan fingerprint density at radius 1 is 0.812 bits per heavy atom. The minimum atomic E-state index is -0.700. The van der Waals surface area contributed by atoms with E-state index < -0.39 is 6.10 Å². The lowest BCUT2D eigenvalue weighted by Gasteiger charge is -2.26. The fraction of sp³-hybridized carbons (Fsp3) is 0.385. The van der Waals surface area contributed by atoms with Crippen LogP contribution in [-0.2, 0) is 0 Å². The molecule has 172 valence electrons. The molecule has 0 aliphatic rings. The van der Waals surface area contributed by atoms with E-state index in [-0.39, 0.29) is 0 Å². The van der Waals surface area contributed by atoms with Gasteiger partial charge < -0.3 is 14.7 Å². The zero-order valence-electron chi connectivity index (χ0n) is 18.6. The van der Waals surface area contributed by atoms with E-state index in [9.17, 15) is 5.11 Å². The molecule has 0 spiro atoms. The monoisotopic (exact) mass is 493 g/mol. The zero-order valence-corrected chi connectivity index (χ0v) is 20.9. The molecule has 1 atom stereocenters. The first-order valence-corrected chi connectivity index (χ1v) is 12.3. The van der Waals surface area contributed by atoms with Gasteiger partial charge in [-0.1, -0.05) is 61.5 Å². The fourth-order valence-corrected chi connectivity index (χ4v) is 4.43. The van der Waals surface area contributed by atoms with Crippen molar-refractivity contribution in [2.75, 3.05) is 19.6 Å². The van der Waals surface area contributed by atoms with Gasteiger partial charge in [-0.3, -0.25) is 0 Å². The molecule has 0 heterocycles.